The molecule has 0 saturated carbocycles. The first kappa shape index (κ1) is 16.4. The summed E-state index contributed by atoms with van der Waals surface area (Å²) in [6, 6.07) is 2.54. The summed E-state index contributed by atoms with van der Waals surface area (Å²) in [6.45, 7) is 4.00. The van der Waals surface area contributed by atoms with Gasteiger partial charge in [-0.25, -0.2) is 13.1 Å². The first-order valence-corrected chi connectivity index (χ1v) is 8.13. The van der Waals surface area contributed by atoms with Crippen molar-refractivity contribution in [1.29, 1.82) is 0 Å². The van der Waals surface area contributed by atoms with E-state index in [4.69, 9.17) is 10.2 Å². The number of hydrogen-bond acceptors (Lipinski definition) is 6. The molecule has 0 unspecified atom stereocenters. The van der Waals surface area contributed by atoms with Gasteiger partial charge in [-0.2, -0.15) is 9.78 Å². The Balaban J connectivity index is 2.40. The quantitative estimate of drug-likeness (QED) is 0.809. The number of carbonyl (C=O) groups is 1. The van der Waals surface area contributed by atoms with E-state index in [9.17, 15) is 13.2 Å². The predicted molar refractivity (Wildman–Crippen MR) is 79.1 cm³/mol. The van der Waals surface area contributed by atoms with Crippen molar-refractivity contribution in [2.45, 2.75) is 25.4 Å². The highest BCUT2D eigenvalue weighted by molar-refractivity contribution is 7.89. The van der Waals surface area contributed by atoms with Gasteiger partial charge < -0.3 is 10.2 Å². The lowest BCUT2D eigenvalue weighted by molar-refractivity contribution is 0.0909. The molecule has 0 aromatic carbocycles. The van der Waals surface area contributed by atoms with Gasteiger partial charge in [-0.15, -0.1) is 0 Å². The number of rotatable bonds is 5. The van der Waals surface area contributed by atoms with Gasteiger partial charge in [-0.05, 0) is 51.6 Å². The zero-order valence-corrected chi connectivity index (χ0v) is 13.4. The van der Waals surface area contributed by atoms with Gasteiger partial charge in [-0.1, -0.05) is 0 Å². The normalized spacial score (nSPS) is 11.8. The van der Waals surface area contributed by atoms with Crippen LogP contribution in [0.25, 0.3) is 0 Å². The Labute approximate surface area is 128 Å². The van der Waals surface area contributed by atoms with E-state index in [1.165, 1.54) is 23.9 Å². The second-order valence-corrected chi connectivity index (χ2v) is 6.55. The summed E-state index contributed by atoms with van der Waals surface area (Å²) in [5, 5.41) is 3.87. The maximum Gasteiger partial charge on any atom is 0.314 e. The van der Waals surface area contributed by atoms with Gasteiger partial charge in [0.2, 0.25) is 5.09 Å². The Morgan fingerprint density at radius 1 is 1.41 bits per heavy atom. The highest BCUT2D eigenvalue weighted by Crippen LogP contribution is 2.18. The lowest BCUT2D eigenvalue weighted by atomic mass is 10.1. The first-order chi connectivity index (χ1) is 10.3. The summed E-state index contributed by atoms with van der Waals surface area (Å²) in [7, 11) is -2.47. The molecular formula is C13H18N4O4S. The van der Waals surface area contributed by atoms with Crippen LogP contribution in [0.2, 0.25) is 0 Å². The predicted octanol–water partition coefficient (Wildman–Crippen LogP) is 0.191. The van der Waals surface area contributed by atoms with Crippen LogP contribution < -0.4 is 10.5 Å². The van der Waals surface area contributed by atoms with Gasteiger partial charge in [0.25, 0.3) is 10.0 Å². The lowest BCUT2D eigenvalue weighted by Crippen LogP contribution is -2.18. The fourth-order valence-corrected chi connectivity index (χ4v) is 2.81. The second kappa shape index (κ2) is 6.03. The Bertz CT molecular complexity index is 804. The van der Waals surface area contributed by atoms with Crippen LogP contribution in [0.3, 0.4) is 0 Å². The van der Waals surface area contributed by atoms with Crippen LogP contribution in [-0.2, 0) is 16.4 Å². The first-order valence-electron chi connectivity index (χ1n) is 6.65. The smallest absolute Gasteiger partial charge is 0.314 e. The van der Waals surface area contributed by atoms with Crippen LogP contribution in [-0.4, -0.2) is 37.7 Å². The Hall–Kier alpha value is -1.97. The van der Waals surface area contributed by atoms with E-state index in [1.54, 1.807) is 13.8 Å². The molecule has 2 rings (SSSR count). The number of hydrogen-bond donors (Lipinski definition) is 2. The Morgan fingerprint density at radius 3 is 2.68 bits per heavy atom. The molecule has 0 fully saturated rings. The van der Waals surface area contributed by atoms with Crippen LogP contribution in [0.5, 0.6) is 0 Å². The van der Waals surface area contributed by atoms with E-state index < -0.39 is 15.9 Å². The number of nitrogens with two attached hydrogens (primary N) is 1. The molecule has 0 saturated heterocycles. The molecule has 2 aromatic rings. The number of aromatic nitrogens is 2. The molecule has 0 atom stereocenters. The third-order valence-electron chi connectivity index (χ3n) is 3.35. The van der Waals surface area contributed by atoms with E-state index >= 15 is 0 Å². The van der Waals surface area contributed by atoms with Gasteiger partial charge >= 0.3 is 5.91 Å². The van der Waals surface area contributed by atoms with Gasteiger partial charge in [0.05, 0.1) is 5.69 Å². The standard InChI is InChI=1S/C13H18N4O4S/c1-8-10(6-7-14)9(2)17(16-8)13(18)11-4-5-12(21-11)22(19,20)15-3/h4-5,15H,6-7,14H2,1-3H3. The van der Waals surface area contributed by atoms with E-state index in [2.05, 4.69) is 9.82 Å². The average molecular weight is 326 g/mol. The largest absolute Gasteiger partial charge is 0.438 e. The number of nitrogens with zero attached hydrogens (tertiary/aromatic N) is 2. The highest BCUT2D eigenvalue weighted by Gasteiger charge is 2.23. The van der Waals surface area contributed by atoms with Crippen molar-refractivity contribution in [3.05, 3.63) is 34.8 Å². The molecular weight excluding hydrogens is 308 g/mol. The van der Waals surface area contributed by atoms with E-state index in [0.717, 1.165) is 5.56 Å². The molecule has 2 heterocycles. The monoisotopic (exact) mass is 326 g/mol. The summed E-state index contributed by atoms with van der Waals surface area (Å²) in [5.74, 6) is -0.625. The SMILES string of the molecule is CNS(=O)(=O)c1ccc(C(=O)n2nc(C)c(CCN)c2C)o1. The molecule has 0 bridgehead atoms. The van der Waals surface area contributed by atoms with Gasteiger partial charge in [0, 0.05) is 5.69 Å². The van der Waals surface area contributed by atoms with Crippen LogP contribution >= 0.6 is 0 Å². The fourth-order valence-electron chi connectivity index (χ4n) is 2.16. The summed E-state index contributed by atoms with van der Waals surface area (Å²) in [4.78, 5) is 12.4. The summed E-state index contributed by atoms with van der Waals surface area (Å²) >= 11 is 0. The van der Waals surface area contributed by atoms with E-state index in [-0.39, 0.29) is 10.9 Å². The molecule has 0 spiro atoms. The number of carbonyl (C=O) groups excluding carboxylic acids is 1. The van der Waals surface area contributed by atoms with Crippen molar-refractivity contribution in [1.82, 2.24) is 14.5 Å². The molecule has 0 aliphatic carbocycles. The minimum Gasteiger partial charge on any atom is -0.438 e. The maximum atomic E-state index is 12.4. The Kier molecular flexibility index (Phi) is 4.50. The van der Waals surface area contributed by atoms with Crippen molar-refractivity contribution in [2.24, 2.45) is 5.73 Å². The van der Waals surface area contributed by atoms with Crippen molar-refractivity contribution in [2.75, 3.05) is 13.6 Å². The molecule has 2 aromatic heterocycles. The number of aryl methyl sites for hydroxylation is 1. The molecule has 8 nitrogen and oxygen atoms in total. The molecule has 3 N–H and O–H groups in total. The molecule has 22 heavy (non-hydrogen) atoms. The van der Waals surface area contributed by atoms with Crippen molar-refractivity contribution < 1.29 is 17.6 Å². The topological polar surface area (TPSA) is 120 Å². The van der Waals surface area contributed by atoms with Crippen molar-refractivity contribution in [3.63, 3.8) is 0 Å². The summed E-state index contributed by atoms with van der Waals surface area (Å²) < 4.78 is 31.7. The Morgan fingerprint density at radius 2 is 2.09 bits per heavy atom. The van der Waals surface area contributed by atoms with Crippen molar-refractivity contribution in [3.8, 4) is 0 Å². The highest BCUT2D eigenvalue weighted by atomic mass is 32.2. The van der Waals surface area contributed by atoms with E-state index in [1.807, 2.05) is 0 Å². The molecule has 0 radical (unpaired) electrons. The maximum absolute atomic E-state index is 12.4. The minimum absolute atomic E-state index is 0.0984. The van der Waals surface area contributed by atoms with Crippen molar-refractivity contribution >= 4 is 15.9 Å². The third-order valence-corrected chi connectivity index (χ3v) is 4.64. The van der Waals surface area contributed by atoms with Gasteiger partial charge in [0.1, 0.15) is 0 Å². The molecule has 0 aliphatic rings. The molecule has 9 heteroatoms. The van der Waals surface area contributed by atoms with Crippen LogP contribution in [0, 0.1) is 13.8 Å². The fraction of sp³-hybridized carbons (Fsp3) is 0.385. The molecule has 0 aliphatic heterocycles. The third kappa shape index (κ3) is 2.82. The van der Waals surface area contributed by atoms with Crippen LogP contribution in [0.1, 0.15) is 27.5 Å². The lowest BCUT2D eigenvalue weighted by Gasteiger charge is -2.02. The number of furan rings is 1. The average Bonchev–Trinajstić information content (AvgIpc) is 3.08. The zero-order valence-electron chi connectivity index (χ0n) is 12.6. The van der Waals surface area contributed by atoms with Gasteiger partial charge in [-0.3, -0.25) is 4.79 Å². The summed E-state index contributed by atoms with van der Waals surface area (Å²) in [5.41, 5.74) is 7.84. The zero-order chi connectivity index (χ0) is 16.5. The number of nitrogens with one attached hydrogen (secondary N) is 1. The second-order valence-electron chi connectivity index (χ2n) is 4.73. The molecule has 0 amide bonds. The number of sulfonamides is 1. The van der Waals surface area contributed by atoms with Crippen LogP contribution in [0.15, 0.2) is 21.6 Å². The summed E-state index contributed by atoms with van der Waals surface area (Å²) in [6.07, 6.45) is 0.614. The van der Waals surface area contributed by atoms with Crippen LogP contribution in [0.4, 0.5) is 0 Å². The van der Waals surface area contributed by atoms with E-state index in [0.29, 0.717) is 24.4 Å². The molecule has 120 valence electrons. The minimum atomic E-state index is -3.73. The van der Waals surface area contributed by atoms with Gasteiger partial charge in [0.15, 0.2) is 5.76 Å².